The van der Waals surface area contributed by atoms with Crippen molar-refractivity contribution in [2.45, 2.75) is 13.5 Å². The van der Waals surface area contributed by atoms with Crippen LogP contribution < -0.4 is 0 Å². The van der Waals surface area contributed by atoms with Crippen molar-refractivity contribution in [1.29, 1.82) is 0 Å². The molecule has 2 rings (SSSR count). The third-order valence-corrected chi connectivity index (χ3v) is 2.99. The number of H-pyrrole nitrogens is 1. The number of aryl methyl sites for hydroxylation is 2. The Morgan fingerprint density at radius 3 is 2.83 bits per heavy atom. The molecule has 1 N–H and O–H groups in total. The fraction of sp³-hybridized carbons (Fsp3) is 0.364. The number of hydrogen-bond acceptors (Lipinski definition) is 3. The highest BCUT2D eigenvalue weighted by Gasteiger charge is 2.17. The van der Waals surface area contributed by atoms with Crippen LogP contribution in [0.25, 0.3) is 0 Å². The van der Waals surface area contributed by atoms with Crippen molar-refractivity contribution in [3.05, 3.63) is 34.1 Å². The van der Waals surface area contributed by atoms with Gasteiger partial charge in [-0.1, -0.05) is 0 Å². The Kier molecular flexibility index (Phi) is 3.51. The van der Waals surface area contributed by atoms with Gasteiger partial charge in [0.05, 0.1) is 6.54 Å². The summed E-state index contributed by atoms with van der Waals surface area (Å²) in [5, 5.41) is 6.77. The van der Waals surface area contributed by atoms with Crippen LogP contribution in [-0.2, 0) is 13.6 Å². The van der Waals surface area contributed by atoms with E-state index in [0.29, 0.717) is 18.1 Å². The smallest absolute Gasteiger partial charge is 0.270 e. The summed E-state index contributed by atoms with van der Waals surface area (Å²) in [4.78, 5) is 18.0. The van der Waals surface area contributed by atoms with Crippen LogP contribution in [0, 0.1) is 6.92 Å². The van der Waals surface area contributed by atoms with E-state index < -0.39 is 0 Å². The molecule has 96 valence electrons. The maximum Gasteiger partial charge on any atom is 0.270 e. The van der Waals surface area contributed by atoms with Gasteiger partial charge in [0.25, 0.3) is 5.91 Å². The Balaban J connectivity index is 2.11. The van der Waals surface area contributed by atoms with Crippen molar-refractivity contribution in [2.75, 3.05) is 7.05 Å². The molecule has 1 amide bonds. The second-order valence-electron chi connectivity index (χ2n) is 4.15. The number of nitrogens with zero attached hydrogens (tertiary/aromatic N) is 4. The Labute approximate surface area is 113 Å². The molecule has 0 bridgehead atoms. The van der Waals surface area contributed by atoms with E-state index in [1.165, 1.54) is 0 Å². The van der Waals surface area contributed by atoms with Gasteiger partial charge in [0.2, 0.25) is 0 Å². The van der Waals surface area contributed by atoms with Gasteiger partial charge in [-0.05, 0) is 28.9 Å². The molecule has 2 aromatic rings. The van der Waals surface area contributed by atoms with Crippen LogP contribution in [0.1, 0.15) is 22.1 Å². The largest absolute Gasteiger partial charge is 0.345 e. The van der Waals surface area contributed by atoms with Gasteiger partial charge >= 0.3 is 0 Å². The zero-order valence-corrected chi connectivity index (χ0v) is 12.0. The van der Waals surface area contributed by atoms with Gasteiger partial charge in [-0.2, -0.15) is 5.10 Å². The lowest BCUT2D eigenvalue weighted by Gasteiger charge is -2.15. The van der Waals surface area contributed by atoms with Crippen LogP contribution in [-0.4, -0.2) is 37.6 Å². The highest BCUT2D eigenvalue weighted by Crippen LogP contribution is 2.15. The van der Waals surface area contributed by atoms with E-state index in [9.17, 15) is 4.79 Å². The molecule has 7 heteroatoms. The van der Waals surface area contributed by atoms with E-state index >= 15 is 0 Å². The summed E-state index contributed by atoms with van der Waals surface area (Å²) in [6.07, 6.45) is 1.85. The number of rotatable bonds is 3. The number of aromatic nitrogens is 4. The van der Waals surface area contributed by atoms with Gasteiger partial charge in [-0.3, -0.25) is 9.89 Å². The van der Waals surface area contributed by atoms with Crippen molar-refractivity contribution in [1.82, 2.24) is 24.6 Å². The zero-order valence-electron chi connectivity index (χ0n) is 10.4. The van der Waals surface area contributed by atoms with Crippen LogP contribution >= 0.6 is 15.9 Å². The predicted molar refractivity (Wildman–Crippen MR) is 70.0 cm³/mol. The Morgan fingerprint density at radius 1 is 1.61 bits per heavy atom. The minimum absolute atomic E-state index is 0.0642. The van der Waals surface area contributed by atoms with Gasteiger partial charge in [-0.15, -0.1) is 0 Å². The highest BCUT2D eigenvalue weighted by atomic mass is 79.9. The standard InChI is InChI=1S/C11H14BrN5O/c1-7-13-10(15-14-7)6-17(3)11(18)9-4-8(12)5-16(9)2/h4-5H,6H2,1-3H3,(H,13,14,15). The number of carbonyl (C=O) groups excluding carboxylic acids is 1. The van der Waals surface area contributed by atoms with Gasteiger partial charge in [0, 0.05) is 24.8 Å². The molecule has 0 aliphatic heterocycles. The van der Waals surface area contributed by atoms with Crippen molar-refractivity contribution < 1.29 is 4.79 Å². The molecule has 0 fully saturated rings. The highest BCUT2D eigenvalue weighted by molar-refractivity contribution is 9.10. The van der Waals surface area contributed by atoms with E-state index in [1.54, 1.807) is 22.6 Å². The Morgan fingerprint density at radius 2 is 2.33 bits per heavy atom. The van der Waals surface area contributed by atoms with E-state index in [4.69, 9.17) is 0 Å². The second-order valence-corrected chi connectivity index (χ2v) is 5.07. The maximum absolute atomic E-state index is 12.2. The summed E-state index contributed by atoms with van der Waals surface area (Å²) in [6, 6.07) is 1.79. The molecule has 0 atom stereocenters. The van der Waals surface area contributed by atoms with Crippen molar-refractivity contribution in [2.24, 2.45) is 7.05 Å². The van der Waals surface area contributed by atoms with Crippen LogP contribution in [0.3, 0.4) is 0 Å². The fourth-order valence-corrected chi connectivity index (χ4v) is 2.20. The number of amides is 1. The Hall–Kier alpha value is -1.63. The number of halogens is 1. The van der Waals surface area contributed by atoms with Crippen molar-refractivity contribution in [3.63, 3.8) is 0 Å². The monoisotopic (exact) mass is 311 g/mol. The fourth-order valence-electron chi connectivity index (χ4n) is 1.68. The van der Waals surface area contributed by atoms with Gasteiger partial charge in [-0.25, -0.2) is 4.98 Å². The topological polar surface area (TPSA) is 66.8 Å². The predicted octanol–water partition coefficient (Wildman–Crippen LogP) is 1.49. The summed E-state index contributed by atoms with van der Waals surface area (Å²) in [5.41, 5.74) is 0.622. The SMILES string of the molecule is Cc1nc(CN(C)C(=O)c2cc(Br)cn2C)n[nH]1. The molecule has 2 heterocycles. The number of carbonyl (C=O) groups is 1. The lowest BCUT2D eigenvalue weighted by atomic mass is 10.3. The quantitative estimate of drug-likeness (QED) is 0.933. The first-order chi connectivity index (χ1) is 8.47. The van der Waals surface area contributed by atoms with Gasteiger partial charge in [0.1, 0.15) is 11.5 Å². The third kappa shape index (κ3) is 2.61. The third-order valence-electron chi connectivity index (χ3n) is 2.56. The van der Waals surface area contributed by atoms with Crippen LogP contribution in [0.2, 0.25) is 0 Å². The summed E-state index contributed by atoms with van der Waals surface area (Å²) in [7, 11) is 3.57. The minimum Gasteiger partial charge on any atom is -0.345 e. The summed E-state index contributed by atoms with van der Waals surface area (Å²) >= 11 is 3.35. The van der Waals surface area contributed by atoms with Crippen molar-refractivity contribution in [3.8, 4) is 0 Å². The second kappa shape index (κ2) is 4.93. The number of nitrogens with one attached hydrogen (secondary N) is 1. The molecule has 6 nitrogen and oxygen atoms in total. The molecule has 18 heavy (non-hydrogen) atoms. The van der Waals surface area contributed by atoms with E-state index in [-0.39, 0.29) is 5.91 Å². The average Bonchev–Trinajstić information content (AvgIpc) is 2.84. The lowest BCUT2D eigenvalue weighted by Crippen LogP contribution is -2.28. The normalized spacial score (nSPS) is 10.7. The first-order valence-electron chi connectivity index (χ1n) is 5.42. The molecular formula is C11H14BrN5O. The Bertz CT molecular complexity index is 574. The molecule has 0 unspecified atom stereocenters. The molecule has 2 aromatic heterocycles. The molecular weight excluding hydrogens is 298 g/mol. The van der Waals surface area contributed by atoms with Crippen molar-refractivity contribution >= 4 is 21.8 Å². The molecule has 0 saturated heterocycles. The number of aromatic amines is 1. The van der Waals surface area contributed by atoms with E-state index in [2.05, 4.69) is 31.1 Å². The average molecular weight is 312 g/mol. The lowest BCUT2D eigenvalue weighted by molar-refractivity contribution is 0.0772. The first kappa shape index (κ1) is 12.8. The first-order valence-corrected chi connectivity index (χ1v) is 6.22. The van der Waals surface area contributed by atoms with Crippen LogP contribution in [0.5, 0.6) is 0 Å². The minimum atomic E-state index is -0.0642. The van der Waals surface area contributed by atoms with Crippen LogP contribution in [0.15, 0.2) is 16.7 Å². The summed E-state index contributed by atoms with van der Waals surface area (Å²) in [5.74, 6) is 1.29. The molecule has 0 aromatic carbocycles. The summed E-state index contributed by atoms with van der Waals surface area (Å²) < 4.78 is 2.67. The van der Waals surface area contributed by atoms with Gasteiger partial charge < -0.3 is 9.47 Å². The molecule has 0 saturated carbocycles. The van der Waals surface area contributed by atoms with Gasteiger partial charge in [0.15, 0.2) is 5.82 Å². The molecule has 0 spiro atoms. The zero-order chi connectivity index (χ0) is 13.3. The summed E-state index contributed by atoms with van der Waals surface area (Å²) in [6.45, 7) is 2.21. The number of hydrogen-bond donors (Lipinski definition) is 1. The van der Waals surface area contributed by atoms with E-state index in [1.807, 2.05) is 20.2 Å². The molecule has 0 radical (unpaired) electrons. The van der Waals surface area contributed by atoms with E-state index in [0.717, 1.165) is 10.3 Å². The molecule has 0 aliphatic carbocycles. The molecule has 0 aliphatic rings. The maximum atomic E-state index is 12.2. The van der Waals surface area contributed by atoms with Crippen LogP contribution in [0.4, 0.5) is 0 Å².